The quantitative estimate of drug-likeness (QED) is 0.0645. The molecule has 1 amide bonds. The van der Waals surface area contributed by atoms with E-state index >= 15 is 0 Å². The first-order valence-corrected chi connectivity index (χ1v) is 18.4. The lowest BCUT2D eigenvalue weighted by Crippen LogP contribution is -2.70. The van der Waals surface area contributed by atoms with Crippen LogP contribution in [0.4, 0.5) is 0 Å². The number of hydrogen-bond acceptors (Lipinski definition) is 25. The molecular weight excluding hydrogens is 830 g/mol. The van der Waals surface area contributed by atoms with E-state index in [4.69, 9.17) is 33.2 Å². The van der Waals surface area contributed by atoms with Crippen molar-refractivity contribution >= 4 is 17.8 Å². The SMILES string of the molecule is CC(=O)N[C@@H]1[C@@H](O[C@@H]2O[C@H](CO)[C@H](O)[C@H](O[C@]3(C(=O)O)C[C@H](O)[C@@H](O)[C@H]([C@H](O)[C@H](O)CO)O3)[C@H]2O)[C@@H](O)[C@@H](CO[C@]2(C(=O)O)C[C@H](O)[C@@H](O)[C@H]([C@H](O)[C@H](O)CO)O2)O[C@@H]1O. The summed E-state index contributed by atoms with van der Waals surface area (Å²) in [5, 5.41) is 179. The van der Waals surface area contributed by atoms with Gasteiger partial charge in [0.05, 0.1) is 38.6 Å². The number of nitrogens with one attached hydrogen (secondary N) is 1. The van der Waals surface area contributed by atoms with Gasteiger partial charge in [-0.15, -0.1) is 0 Å². The first-order chi connectivity index (χ1) is 28.0. The van der Waals surface area contributed by atoms with E-state index in [1.54, 1.807) is 0 Å². The Balaban J connectivity index is 1.63. The number of carboxylic acids is 2. The second-order valence-corrected chi connectivity index (χ2v) is 14.8. The Hall–Kier alpha value is -2.47. The van der Waals surface area contributed by atoms with Crippen LogP contribution >= 0.6 is 0 Å². The largest absolute Gasteiger partial charge is 0.477 e. The van der Waals surface area contributed by atoms with E-state index in [-0.39, 0.29) is 0 Å². The summed E-state index contributed by atoms with van der Waals surface area (Å²) >= 11 is 0. The molecule has 0 aliphatic carbocycles. The van der Waals surface area contributed by atoms with E-state index in [2.05, 4.69) is 5.32 Å². The molecule has 0 saturated carbocycles. The molecule has 4 fully saturated rings. The van der Waals surface area contributed by atoms with Crippen molar-refractivity contribution in [1.82, 2.24) is 5.32 Å². The molecule has 4 heterocycles. The zero-order chi connectivity index (χ0) is 45.2. The van der Waals surface area contributed by atoms with Gasteiger partial charge in [0.25, 0.3) is 11.6 Å². The minimum absolute atomic E-state index is 0.877. The van der Waals surface area contributed by atoms with E-state index in [0.29, 0.717) is 0 Å². The monoisotopic (exact) mass is 883 g/mol. The van der Waals surface area contributed by atoms with Gasteiger partial charge in [-0.25, -0.2) is 9.59 Å². The molecule has 4 saturated heterocycles. The standard InChI is InChI=1S/C32H53NO27/c1-8(37)33-15-23(21(47)14(55-27(15)49)7-54-31(29(50)51)2-9(38)16(42)24(58-31)18(44)11(40)4-34)57-28-22(48)26(20(46)13(6-36)56-28)60-32(30(52)53)3-10(39)17(43)25(59-32)19(45)12(41)5-35/h9-28,34-36,38-49H,2-7H2,1H3,(H,33,37)(H,50,51)(H,52,53)/t9-,10-,11+,12+,13+,14+,15+,16+,17+,18+,19+,20-,21-,22+,23+,24+,25+,26-,27-,28-,31+,32-/m0/s1. The molecule has 22 atom stereocenters. The summed E-state index contributed by atoms with van der Waals surface area (Å²) in [6.45, 7) is -3.49. The van der Waals surface area contributed by atoms with Gasteiger partial charge in [0, 0.05) is 19.8 Å². The third kappa shape index (κ3) is 10.3. The lowest BCUT2D eigenvalue weighted by molar-refractivity contribution is -0.386. The molecule has 0 aromatic heterocycles. The lowest BCUT2D eigenvalue weighted by atomic mass is 9.90. The van der Waals surface area contributed by atoms with Crippen LogP contribution in [0.1, 0.15) is 19.8 Å². The summed E-state index contributed by atoms with van der Waals surface area (Å²) in [4.78, 5) is 37.3. The first-order valence-electron chi connectivity index (χ1n) is 18.4. The van der Waals surface area contributed by atoms with Gasteiger partial charge in [-0.2, -0.15) is 0 Å². The highest BCUT2D eigenvalue weighted by Crippen LogP contribution is 2.39. The van der Waals surface area contributed by atoms with Crippen molar-refractivity contribution in [3.8, 4) is 0 Å². The van der Waals surface area contributed by atoms with Gasteiger partial charge in [0.2, 0.25) is 5.91 Å². The second kappa shape index (κ2) is 20.4. The van der Waals surface area contributed by atoms with Crippen molar-refractivity contribution in [3.63, 3.8) is 0 Å². The number of carboxylic acid groups (broad SMARTS) is 2. The average molecular weight is 884 g/mol. The molecule has 28 nitrogen and oxygen atoms in total. The van der Waals surface area contributed by atoms with Crippen LogP contribution in [-0.2, 0) is 47.5 Å². The fourth-order valence-corrected chi connectivity index (χ4v) is 7.18. The van der Waals surface area contributed by atoms with Crippen molar-refractivity contribution in [2.24, 2.45) is 0 Å². The molecule has 0 bridgehead atoms. The number of amides is 1. The molecule has 348 valence electrons. The molecule has 4 rings (SSSR count). The predicted molar refractivity (Wildman–Crippen MR) is 180 cm³/mol. The number of carbonyl (C=O) groups excluding carboxylic acids is 1. The van der Waals surface area contributed by atoms with Crippen LogP contribution in [0.25, 0.3) is 0 Å². The zero-order valence-electron chi connectivity index (χ0n) is 31.5. The summed E-state index contributed by atoms with van der Waals surface area (Å²) in [6.07, 6.45) is -42.5. The maximum atomic E-state index is 12.7. The van der Waals surface area contributed by atoms with Crippen LogP contribution in [0.3, 0.4) is 0 Å². The average Bonchev–Trinajstić information content (AvgIpc) is 3.20. The molecule has 60 heavy (non-hydrogen) atoms. The van der Waals surface area contributed by atoms with Crippen LogP contribution in [0, 0.1) is 0 Å². The maximum absolute atomic E-state index is 12.7. The Bertz CT molecular complexity index is 1450. The normalized spacial score (nSPS) is 44.6. The maximum Gasteiger partial charge on any atom is 0.364 e. The fraction of sp³-hybridized carbons (Fsp3) is 0.906. The molecule has 18 N–H and O–H groups in total. The van der Waals surface area contributed by atoms with Gasteiger partial charge in [-0.1, -0.05) is 0 Å². The summed E-state index contributed by atoms with van der Waals surface area (Å²) in [5.41, 5.74) is 0. The Morgan fingerprint density at radius 1 is 0.683 bits per heavy atom. The molecule has 0 aromatic carbocycles. The number of hydrogen-bond donors (Lipinski definition) is 18. The third-order valence-electron chi connectivity index (χ3n) is 10.5. The van der Waals surface area contributed by atoms with E-state index < -0.39 is 191 Å². The molecule has 0 spiro atoms. The molecule has 0 radical (unpaired) electrons. The van der Waals surface area contributed by atoms with Crippen LogP contribution in [-0.4, -0.2) is 265 Å². The van der Waals surface area contributed by atoms with Crippen LogP contribution < -0.4 is 5.32 Å². The molecule has 4 aliphatic rings. The first kappa shape index (κ1) is 50.2. The Kier molecular flexibility index (Phi) is 17.0. The van der Waals surface area contributed by atoms with Crippen molar-refractivity contribution in [3.05, 3.63) is 0 Å². The van der Waals surface area contributed by atoms with Crippen molar-refractivity contribution in [2.75, 3.05) is 26.4 Å². The highest BCUT2D eigenvalue weighted by atomic mass is 16.8. The third-order valence-corrected chi connectivity index (χ3v) is 10.5. The summed E-state index contributed by atoms with van der Waals surface area (Å²) < 4.78 is 38.2. The van der Waals surface area contributed by atoms with E-state index in [1.807, 2.05) is 0 Å². The molecule has 0 unspecified atom stereocenters. The Morgan fingerprint density at radius 3 is 1.63 bits per heavy atom. The van der Waals surface area contributed by atoms with Gasteiger partial charge in [0.1, 0.15) is 97.6 Å². The van der Waals surface area contributed by atoms with Crippen molar-refractivity contribution in [1.29, 1.82) is 0 Å². The summed E-state index contributed by atoms with van der Waals surface area (Å²) in [5.74, 6) is -11.1. The van der Waals surface area contributed by atoms with Gasteiger partial charge in [-0.3, -0.25) is 4.79 Å². The second-order valence-electron chi connectivity index (χ2n) is 14.8. The number of aliphatic hydroxyl groups excluding tert-OH is 15. The van der Waals surface area contributed by atoms with E-state index in [9.17, 15) is 101 Å². The number of aliphatic hydroxyl groups is 15. The van der Waals surface area contributed by atoms with Crippen molar-refractivity contribution < 1.29 is 134 Å². The van der Waals surface area contributed by atoms with Crippen LogP contribution in [0.15, 0.2) is 0 Å². The fourth-order valence-electron chi connectivity index (χ4n) is 7.18. The molecule has 4 aliphatic heterocycles. The summed E-state index contributed by atoms with van der Waals surface area (Å²) in [6, 6.07) is -1.80. The Labute approximate surface area is 337 Å². The Morgan fingerprint density at radius 2 is 1.17 bits per heavy atom. The molecular formula is C32H53NO27. The van der Waals surface area contributed by atoms with Crippen molar-refractivity contribution in [2.45, 2.75) is 154 Å². The van der Waals surface area contributed by atoms with Gasteiger partial charge in [0.15, 0.2) is 12.6 Å². The number of ether oxygens (including phenoxy) is 7. The number of rotatable bonds is 17. The minimum atomic E-state index is -3.18. The molecule has 28 heteroatoms. The number of carbonyl (C=O) groups is 3. The van der Waals surface area contributed by atoms with Crippen LogP contribution in [0.5, 0.6) is 0 Å². The minimum Gasteiger partial charge on any atom is -0.477 e. The van der Waals surface area contributed by atoms with E-state index in [0.717, 1.165) is 6.92 Å². The zero-order valence-corrected chi connectivity index (χ0v) is 31.5. The lowest BCUT2D eigenvalue weighted by Gasteiger charge is -2.50. The highest BCUT2D eigenvalue weighted by molar-refractivity contribution is 5.76. The van der Waals surface area contributed by atoms with E-state index in [1.165, 1.54) is 0 Å². The number of aliphatic carboxylic acids is 2. The summed E-state index contributed by atoms with van der Waals surface area (Å²) in [7, 11) is 0. The van der Waals surface area contributed by atoms with Gasteiger partial charge in [-0.05, 0) is 0 Å². The van der Waals surface area contributed by atoms with Gasteiger partial charge < -0.3 is 125 Å². The predicted octanol–water partition coefficient (Wildman–Crippen LogP) is -11.2. The smallest absolute Gasteiger partial charge is 0.364 e. The molecule has 0 aromatic rings. The van der Waals surface area contributed by atoms with Gasteiger partial charge >= 0.3 is 11.9 Å². The topological polar surface area (TPSA) is 472 Å². The highest BCUT2D eigenvalue weighted by Gasteiger charge is 2.61. The van der Waals surface area contributed by atoms with Crippen LogP contribution in [0.2, 0.25) is 0 Å².